The van der Waals surface area contributed by atoms with Crippen molar-refractivity contribution in [1.82, 2.24) is 5.32 Å². The van der Waals surface area contributed by atoms with Gasteiger partial charge in [0.05, 0.1) is 24.7 Å². The average molecular weight is 408 g/mol. The van der Waals surface area contributed by atoms with Gasteiger partial charge in [0.1, 0.15) is 5.60 Å². The molecule has 0 aromatic heterocycles. The molecule has 30 heavy (non-hydrogen) atoms. The van der Waals surface area contributed by atoms with E-state index in [4.69, 9.17) is 9.47 Å². The van der Waals surface area contributed by atoms with Crippen molar-refractivity contribution in [3.63, 3.8) is 0 Å². The van der Waals surface area contributed by atoms with Crippen LogP contribution in [0.2, 0.25) is 0 Å². The summed E-state index contributed by atoms with van der Waals surface area (Å²) in [6, 6.07) is 17.1. The van der Waals surface area contributed by atoms with E-state index in [1.807, 2.05) is 12.1 Å². The van der Waals surface area contributed by atoms with Gasteiger partial charge >= 0.3 is 0 Å². The van der Waals surface area contributed by atoms with E-state index in [2.05, 4.69) is 55.6 Å². The zero-order valence-corrected chi connectivity index (χ0v) is 17.4. The monoisotopic (exact) mass is 407 g/mol. The first-order valence-electron chi connectivity index (χ1n) is 11.0. The molecule has 3 N–H and O–H groups in total. The maximum Gasteiger partial charge on any atom is 0.188 e. The summed E-state index contributed by atoms with van der Waals surface area (Å²) in [5, 5.41) is 26.8. The lowest BCUT2D eigenvalue weighted by molar-refractivity contribution is -0.269. The van der Waals surface area contributed by atoms with Crippen molar-refractivity contribution in [2.24, 2.45) is 11.8 Å². The number of ether oxygens (including phenoxy) is 2. The van der Waals surface area contributed by atoms with E-state index in [1.165, 1.54) is 11.1 Å². The Morgan fingerprint density at radius 1 is 1.07 bits per heavy atom. The first-order valence-corrected chi connectivity index (χ1v) is 11.0. The number of benzene rings is 2. The largest absolute Gasteiger partial charge is 0.395 e. The Bertz CT molecular complexity index is 943. The standard InChI is InChI=1S/C25H29NO4/c1-14(2)26-12-25(28)22-21(19-11-29-23(25)30-19)20-15-7-3-5-9-17(15)24(22,13-27)18-10-6-4-8-16(18)20/h3-10,14,19-23,26-28H,11-13H2,1-2H3/t19-,20?,21+,22+,23-,24?,25-/m1/s1. The second kappa shape index (κ2) is 6.38. The fourth-order valence-corrected chi connectivity index (χ4v) is 6.98. The summed E-state index contributed by atoms with van der Waals surface area (Å²) in [5.74, 6) is -0.0454. The third-order valence-electron chi connectivity index (χ3n) is 7.98. The molecule has 0 spiro atoms. The van der Waals surface area contributed by atoms with Crippen LogP contribution in [0.1, 0.15) is 42.0 Å². The van der Waals surface area contributed by atoms with Gasteiger partial charge in [-0.15, -0.1) is 0 Å². The van der Waals surface area contributed by atoms with E-state index in [1.54, 1.807) is 0 Å². The van der Waals surface area contributed by atoms with Gasteiger partial charge in [-0.05, 0) is 22.3 Å². The van der Waals surface area contributed by atoms with Gasteiger partial charge in [-0.2, -0.15) is 0 Å². The average Bonchev–Trinajstić information content (AvgIpc) is 3.23. The Hall–Kier alpha value is -1.76. The summed E-state index contributed by atoms with van der Waals surface area (Å²) in [7, 11) is 0. The lowest BCUT2D eigenvalue weighted by atomic mass is 9.42. The Morgan fingerprint density at radius 2 is 1.70 bits per heavy atom. The second-order valence-corrected chi connectivity index (χ2v) is 9.70. The Labute approximate surface area is 177 Å². The van der Waals surface area contributed by atoms with Gasteiger partial charge in [-0.1, -0.05) is 62.4 Å². The topological polar surface area (TPSA) is 71.0 Å². The fourth-order valence-electron chi connectivity index (χ4n) is 6.98. The summed E-state index contributed by atoms with van der Waals surface area (Å²) in [5.41, 5.74) is 2.85. The van der Waals surface area contributed by atoms with Crippen LogP contribution in [-0.2, 0) is 14.9 Å². The van der Waals surface area contributed by atoms with Crippen molar-refractivity contribution < 1.29 is 19.7 Å². The highest BCUT2D eigenvalue weighted by Crippen LogP contribution is 2.67. The van der Waals surface area contributed by atoms with E-state index < -0.39 is 17.3 Å². The van der Waals surface area contributed by atoms with Crippen LogP contribution in [0.3, 0.4) is 0 Å². The molecule has 2 heterocycles. The smallest absolute Gasteiger partial charge is 0.188 e. The molecule has 0 unspecified atom stereocenters. The van der Waals surface area contributed by atoms with Gasteiger partial charge in [0.25, 0.3) is 0 Å². The molecule has 7 rings (SSSR count). The normalized spacial score (nSPS) is 40.2. The summed E-state index contributed by atoms with van der Waals surface area (Å²) in [4.78, 5) is 0. The Morgan fingerprint density at radius 3 is 2.30 bits per heavy atom. The van der Waals surface area contributed by atoms with Gasteiger partial charge in [-0.3, -0.25) is 0 Å². The van der Waals surface area contributed by atoms with Crippen LogP contribution in [-0.4, -0.2) is 54.0 Å². The molecule has 2 aliphatic heterocycles. The summed E-state index contributed by atoms with van der Waals surface area (Å²) < 4.78 is 12.3. The minimum Gasteiger partial charge on any atom is -0.395 e. The Kier molecular flexibility index (Phi) is 4.03. The van der Waals surface area contributed by atoms with E-state index in [9.17, 15) is 10.2 Å². The van der Waals surface area contributed by atoms with Gasteiger partial charge in [0.15, 0.2) is 6.29 Å². The number of rotatable bonds is 4. The number of aliphatic hydroxyl groups is 2. The molecule has 0 radical (unpaired) electrons. The van der Waals surface area contributed by atoms with Crippen LogP contribution in [0.4, 0.5) is 0 Å². The molecule has 4 bridgehead atoms. The highest BCUT2D eigenvalue weighted by atomic mass is 16.7. The highest BCUT2D eigenvalue weighted by Gasteiger charge is 2.71. The molecular formula is C25H29NO4. The third-order valence-corrected chi connectivity index (χ3v) is 7.98. The van der Waals surface area contributed by atoms with E-state index in [-0.39, 0.29) is 36.5 Å². The van der Waals surface area contributed by atoms with E-state index in [0.717, 1.165) is 11.1 Å². The molecule has 2 fully saturated rings. The van der Waals surface area contributed by atoms with Crippen molar-refractivity contribution in [2.45, 2.75) is 49.2 Å². The number of hydrogen-bond donors (Lipinski definition) is 3. The van der Waals surface area contributed by atoms with Gasteiger partial charge in [0, 0.05) is 30.3 Å². The van der Waals surface area contributed by atoms with Crippen LogP contribution < -0.4 is 5.32 Å². The molecule has 2 aromatic carbocycles. The lowest BCUT2D eigenvalue weighted by Crippen LogP contribution is -2.72. The summed E-state index contributed by atoms with van der Waals surface area (Å²) in [6.45, 7) is 4.93. The van der Waals surface area contributed by atoms with Crippen molar-refractivity contribution in [1.29, 1.82) is 0 Å². The molecule has 2 saturated heterocycles. The van der Waals surface area contributed by atoms with Crippen molar-refractivity contribution in [2.75, 3.05) is 19.8 Å². The molecule has 5 heteroatoms. The predicted molar refractivity (Wildman–Crippen MR) is 112 cm³/mol. The molecule has 158 valence electrons. The zero-order valence-electron chi connectivity index (χ0n) is 17.4. The molecule has 5 aliphatic rings. The first-order chi connectivity index (χ1) is 14.5. The zero-order chi connectivity index (χ0) is 20.7. The quantitative estimate of drug-likeness (QED) is 0.725. The molecule has 0 amide bonds. The van der Waals surface area contributed by atoms with Gasteiger partial charge in [-0.25, -0.2) is 0 Å². The van der Waals surface area contributed by atoms with Gasteiger partial charge < -0.3 is 25.0 Å². The van der Waals surface area contributed by atoms with E-state index in [0.29, 0.717) is 13.2 Å². The Balaban J connectivity index is 1.65. The first kappa shape index (κ1) is 19.0. The number of aliphatic hydroxyl groups excluding tert-OH is 1. The maximum absolute atomic E-state index is 12.2. The molecule has 3 aliphatic carbocycles. The SMILES string of the molecule is CC(C)NC[C@]1(O)[C@@H]2OC[C@@H](O2)[C@H]2C3c4ccccc4C(CO)(c4ccccc43)[C@H]21. The highest BCUT2D eigenvalue weighted by molar-refractivity contribution is 5.62. The number of hydrogen-bond acceptors (Lipinski definition) is 5. The molecule has 5 atom stereocenters. The number of nitrogens with one attached hydrogen (secondary N) is 1. The fraction of sp³-hybridized carbons (Fsp3) is 0.520. The number of fused-ring (bicyclic) bond motifs is 2. The minimum absolute atomic E-state index is 0.0414. The maximum atomic E-state index is 12.2. The van der Waals surface area contributed by atoms with Crippen molar-refractivity contribution in [3.05, 3.63) is 70.8 Å². The van der Waals surface area contributed by atoms with Gasteiger partial charge in [0.2, 0.25) is 0 Å². The van der Waals surface area contributed by atoms with Crippen LogP contribution in [0.15, 0.2) is 48.5 Å². The second-order valence-electron chi connectivity index (χ2n) is 9.70. The van der Waals surface area contributed by atoms with Crippen LogP contribution in [0, 0.1) is 11.8 Å². The van der Waals surface area contributed by atoms with Crippen LogP contribution >= 0.6 is 0 Å². The molecule has 2 aromatic rings. The summed E-state index contributed by atoms with van der Waals surface area (Å²) in [6.07, 6.45) is -0.769. The molecule has 0 saturated carbocycles. The minimum atomic E-state index is -1.25. The summed E-state index contributed by atoms with van der Waals surface area (Å²) >= 11 is 0. The lowest BCUT2D eigenvalue weighted by Gasteiger charge is -2.64. The predicted octanol–water partition coefficient (Wildman–Crippen LogP) is 2.14. The van der Waals surface area contributed by atoms with E-state index >= 15 is 0 Å². The van der Waals surface area contributed by atoms with Crippen molar-refractivity contribution in [3.8, 4) is 0 Å². The van der Waals surface area contributed by atoms with Crippen LogP contribution in [0.25, 0.3) is 0 Å². The molecule has 5 nitrogen and oxygen atoms in total. The third kappa shape index (κ3) is 2.15. The van der Waals surface area contributed by atoms with Crippen LogP contribution in [0.5, 0.6) is 0 Å². The van der Waals surface area contributed by atoms with Crippen molar-refractivity contribution >= 4 is 0 Å². The molecular weight excluding hydrogens is 378 g/mol.